The minimum Gasteiger partial charge on any atom is -0.0795 e. The van der Waals surface area contributed by atoms with Gasteiger partial charge in [-0.3, -0.25) is 0 Å². The third-order valence-corrected chi connectivity index (χ3v) is 3.65. The molecule has 0 bridgehead atoms. The van der Waals surface area contributed by atoms with E-state index in [-0.39, 0.29) is 0 Å². The van der Waals surface area contributed by atoms with E-state index in [4.69, 9.17) is 0 Å². The molecule has 0 fully saturated rings. The van der Waals surface area contributed by atoms with Crippen LogP contribution in [0.4, 0.5) is 0 Å². The van der Waals surface area contributed by atoms with Crippen molar-refractivity contribution in [3.63, 3.8) is 0 Å². The van der Waals surface area contributed by atoms with Crippen molar-refractivity contribution in [3.05, 3.63) is 65.7 Å². The Labute approximate surface area is 100 Å². The van der Waals surface area contributed by atoms with Crippen molar-refractivity contribution >= 4 is 27.6 Å². The first-order chi connectivity index (χ1) is 8.43. The van der Waals surface area contributed by atoms with E-state index in [1.807, 2.05) is 0 Å². The summed E-state index contributed by atoms with van der Waals surface area (Å²) in [6.45, 7) is 0. The van der Waals surface area contributed by atoms with Crippen LogP contribution in [0.15, 0.2) is 54.6 Å². The second-order valence-electron chi connectivity index (χ2n) is 4.63. The van der Waals surface area contributed by atoms with Gasteiger partial charge in [0.25, 0.3) is 0 Å². The van der Waals surface area contributed by atoms with Crippen molar-refractivity contribution < 1.29 is 0 Å². The van der Waals surface area contributed by atoms with Crippen LogP contribution >= 0.6 is 0 Å². The van der Waals surface area contributed by atoms with E-state index in [2.05, 4.69) is 60.7 Å². The lowest BCUT2D eigenvalue weighted by Crippen LogP contribution is -1.94. The molecule has 17 heavy (non-hydrogen) atoms. The maximum atomic E-state index is 2.30. The Hall–Kier alpha value is -2.08. The Balaban J connectivity index is 2.33. The molecule has 0 heterocycles. The molecule has 1 aliphatic rings. The Morgan fingerprint density at radius 1 is 0.824 bits per heavy atom. The molecule has 0 saturated carbocycles. The van der Waals surface area contributed by atoms with E-state index in [1.165, 1.54) is 32.7 Å². The van der Waals surface area contributed by atoms with Crippen molar-refractivity contribution in [1.29, 1.82) is 0 Å². The molecule has 0 radical (unpaired) electrons. The molecule has 3 aromatic rings. The monoisotopic (exact) mass is 216 g/mol. The highest BCUT2D eigenvalue weighted by molar-refractivity contribution is 6.06. The van der Waals surface area contributed by atoms with Gasteiger partial charge in [0.15, 0.2) is 0 Å². The van der Waals surface area contributed by atoms with Gasteiger partial charge in [-0.15, -0.1) is 0 Å². The summed E-state index contributed by atoms with van der Waals surface area (Å²) >= 11 is 0. The molecule has 0 atom stereocenters. The maximum absolute atomic E-state index is 2.30. The van der Waals surface area contributed by atoms with E-state index >= 15 is 0 Å². The Bertz CT molecular complexity index is 763. The van der Waals surface area contributed by atoms with Crippen LogP contribution < -0.4 is 0 Å². The van der Waals surface area contributed by atoms with Crippen molar-refractivity contribution in [3.8, 4) is 0 Å². The Kier molecular flexibility index (Phi) is 1.70. The van der Waals surface area contributed by atoms with Gasteiger partial charge in [-0.1, -0.05) is 54.6 Å². The molecular weight excluding hydrogens is 204 g/mol. The first kappa shape index (κ1) is 9.00. The molecule has 4 rings (SSSR count). The highest BCUT2D eigenvalue weighted by Gasteiger charge is 2.11. The summed E-state index contributed by atoms with van der Waals surface area (Å²) in [6.07, 6.45) is 5.56. The molecular formula is C17H12. The van der Waals surface area contributed by atoms with Gasteiger partial charge in [0.05, 0.1) is 0 Å². The van der Waals surface area contributed by atoms with Crippen LogP contribution in [0.25, 0.3) is 27.6 Å². The normalized spacial score (nSPS) is 13.4. The summed E-state index contributed by atoms with van der Waals surface area (Å²) in [4.78, 5) is 0. The van der Waals surface area contributed by atoms with Crippen LogP contribution in [-0.4, -0.2) is 0 Å². The second-order valence-corrected chi connectivity index (χ2v) is 4.63. The molecule has 0 amide bonds. The topological polar surface area (TPSA) is 0 Å². The van der Waals surface area contributed by atoms with Crippen LogP contribution in [0.5, 0.6) is 0 Å². The number of hydrogen-bond acceptors (Lipinski definition) is 0. The van der Waals surface area contributed by atoms with Crippen LogP contribution in [-0.2, 0) is 6.42 Å². The minimum absolute atomic E-state index is 1.05. The largest absolute Gasteiger partial charge is 0.0795 e. The Morgan fingerprint density at radius 2 is 1.71 bits per heavy atom. The van der Waals surface area contributed by atoms with Gasteiger partial charge < -0.3 is 0 Å². The van der Waals surface area contributed by atoms with Crippen molar-refractivity contribution in [2.75, 3.05) is 0 Å². The van der Waals surface area contributed by atoms with Crippen molar-refractivity contribution in [2.24, 2.45) is 0 Å². The molecule has 0 N–H and O–H groups in total. The highest BCUT2D eigenvalue weighted by atomic mass is 14.1. The predicted molar refractivity (Wildman–Crippen MR) is 74.2 cm³/mol. The number of hydrogen-bond donors (Lipinski definition) is 0. The first-order valence-corrected chi connectivity index (χ1v) is 6.03. The number of fused-ring (bicyclic) bond motifs is 2. The lowest BCUT2D eigenvalue weighted by molar-refractivity contribution is 1.32. The number of allylic oxidation sites excluding steroid dienone is 1. The zero-order chi connectivity index (χ0) is 11.2. The molecule has 0 unspecified atom stereocenters. The summed E-state index contributed by atoms with van der Waals surface area (Å²) in [5.41, 5.74) is 2.84. The fraction of sp³-hybridized carbons (Fsp3) is 0.0588. The van der Waals surface area contributed by atoms with Gasteiger partial charge in [0, 0.05) is 0 Å². The van der Waals surface area contributed by atoms with Crippen LogP contribution in [0.2, 0.25) is 0 Å². The van der Waals surface area contributed by atoms with E-state index < -0.39 is 0 Å². The molecule has 1 aliphatic carbocycles. The van der Waals surface area contributed by atoms with Crippen LogP contribution in [0, 0.1) is 0 Å². The van der Waals surface area contributed by atoms with Gasteiger partial charge in [0.2, 0.25) is 0 Å². The van der Waals surface area contributed by atoms with Gasteiger partial charge in [0.1, 0.15) is 0 Å². The third-order valence-electron chi connectivity index (χ3n) is 3.65. The van der Waals surface area contributed by atoms with Gasteiger partial charge in [-0.2, -0.15) is 0 Å². The summed E-state index contributed by atoms with van der Waals surface area (Å²) < 4.78 is 0. The smallest absolute Gasteiger partial charge is 0.00699 e. The molecule has 0 nitrogen and oxygen atoms in total. The van der Waals surface area contributed by atoms with Gasteiger partial charge >= 0.3 is 0 Å². The van der Waals surface area contributed by atoms with Crippen LogP contribution in [0.3, 0.4) is 0 Å². The minimum atomic E-state index is 1.05. The molecule has 0 aliphatic heterocycles. The lowest BCUT2D eigenvalue weighted by atomic mass is 9.89. The van der Waals surface area contributed by atoms with Crippen molar-refractivity contribution in [2.45, 2.75) is 6.42 Å². The first-order valence-electron chi connectivity index (χ1n) is 6.03. The van der Waals surface area contributed by atoms with E-state index in [1.54, 1.807) is 0 Å². The summed E-state index contributed by atoms with van der Waals surface area (Å²) in [5, 5.41) is 5.55. The molecule has 0 saturated heterocycles. The SMILES string of the molecule is C1=Cc2cccc3cc4ccccc4c(c23)C1. The standard InChI is InChI=1S/C17H12/c1-2-9-15-13(5-1)11-14-8-3-6-12-7-4-10-16(15)17(12)14/h1-9,11H,10H2. The molecule has 80 valence electrons. The number of benzene rings is 3. The summed E-state index contributed by atoms with van der Waals surface area (Å²) in [6, 6.07) is 17.6. The van der Waals surface area contributed by atoms with Gasteiger partial charge in [-0.05, 0) is 45.2 Å². The third kappa shape index (κ3) is 1.18. The Morgan fingerprint density at radius 3 is 2.71 bits per heavy atom. The zero-order valence-corrected chi connectivity index (χ0v) is 9.48. The summed E-state index contributed by atoms with van der Waals surface area (Å²) in [5.74, 6) is 0. The fourth-order valence-corrected chi connectivity index (χ4v) is 2.91. The molecule has 0 spiro atoms. The molecule has 3 aromatic carbocycles. The molecule has 0 heteroatoms. The van der Waals surface area contributed by atoms with Crippen molar-refractivity contribution in [1.82, 2.24) is 0 Å². The summed E-state index contributed by atoms with van der Waals surface area (Å²) in [7, 11) is 0. The van der Waals surface area contributed by atoms with E-state index in [0.717, 1.165) is 6.42 Å². The fourth-order valence-electron chi connectivity index (χ4n) is 2.91. The van der Waals surface area contributed by atoms with Gasteiger partial charge in [-0.25, -0.2) is 0 Å². The second kappa shape index (κ2) is 3.21. The lowest BCUT2D eigenvalue weighted by Gasteiger charge is -2.15. The average Bonchev–Trinajstić information content (AvgIpc) is 2.39. The van der Waals surface area contributed by atoms with Crippen LogP contribution in [0.1, 0.15) is 11.1 Å². The van der Waals surface area contributed by atoms with E-state index in [0.29, 0.717) is 0 Å². The maximum Gasteiger partial charge on any atom is -0.00699 e. The highest BCUT2D eigenvalue weighted by Crippen LogP contribution is 2.34. The average molecular weight is 216 g/mol. The number of rotatable bonds is 0. The zero-order valence-electron chi connectivity index (χ0n) is 9.48. The predicted octanol–water partition coefficient (Wildman–Crippen LogP) is 4.56. The quantitative estimate of drug-likeness (QED) is 0.483. The molecule has 0 aromatic heterocycles. The van der Waals surface area contributed by atoms with E-state index in [9.17, 15) is 0 Å².